The third-order valence-electron chi connectivity index (χ3n) is 8.20. The largest absolute Gasteiger partial charge is 0.393 e. The van der Waals surface area contributed by atoms with E-state index < -0.39 is 0 Å². The van der Waals surface area contributed by atoms with E-state index in [-0.39, 0.29) is 6.10 Å². The van der Waals surface area contributed by atoms with Crippen LogP contribution < -0.4 is 0 Å². The normalized spacial score (nSPS) is 52.7. The molecule has 0 amide bonds. The lowest BCUT2D eigenvalue weighted by Crippen LogP contribution is -2.47. The molecule has 0 aromatic carbocycles. The summed E-state index contributed by atoms with van der Waals surface area (Å²) in [6, 6.07) is 0. The van der Waals surface area contributed by atoms with Crippen molar-refractivity contribution in [2.24, 2.45) is 28.6 Å². The Kier molecular flexibility index (Phi) is 3.39. The van der Waals surface area contributed by atoms with E-state index in [1.165, 1.54) is 38.5 Å². The molecule has 0 aliphatic heterocycles. The van der Waals surface area contributed by atoms with Gasteiger partial charge in [0.25, 0.3) is 0 Å². The Bertz CT molecular complexity index is 530. The Morgan fingerprint density at radius 2 is 1.95 bits per heavy atom. The smallest absolute Gasteiger partial charge is 0.0543 e. The highest BCUT2D eigenvalue weighted by molar-refractivity contribution is 5.34. The van der Waals surface area contributed by atoms with Crippen LogP contribution in [0.4, 0.5) is 0 Å². The van der Waals surface area contributed by atoms with Crippen LogP contribution in [-0.4, -0.2) is 11.2 Å². The third kappa shape index (κ3) is 1.87. The number of hydrogen-bond donors (Lipinski definition) is 1. The molecule has 0 saturated heterocycles. The van der Waals surface area contributed by atoms with Gasteiger partial charge < -0.3 is 5.11 Å². The van der Waals surface area contributed by atoms with Crippen LogP contribution in [0.25, 0.3) is 0 Å². The minimum Gasteiger partial charge on any atom is -0.393 e. The zero-order chi connectivity index (χ0) is 15.5. The van der Waals surface area contributed by atoms with E-state index in [1.54, 1.807) is 11.1 Å². The van der Waals surface area contributed by atoms with Gasteiger partial charge in [-0.05, 0) is 86.9 Å². The Balaban J connectivity index is 1.71. The molecule has 0 heterocycles. The molecule has 0 radical (unpaired) electrons. The highest BCUT2D eigenvalue weighted by Crippen LogP contribution is 2.65. The summed E-state index contributed by atoms with van der Waals surface area (Å²) in [4.78, 5) is 0. The molecule has 4 aliphatic carbocycles. The fraction of sp³-hybridized carbons (Fsp3) is 0.810. The van der Waals surface area contributed by atoms with Gasteiger partial charge in [0.2, 0.25) is 0 Å². The molecule has 0 spiro atoms. The van der Waals surface area contributed by atoms with E-state index >= 15 is 0 Å². The van der Waals surface area contributed by atoms with Crippen LogP contribution in [0.2, 0.25) is 0 Å². The molecule has 4 aliphatic rings. The van der Waals surface area contributed by atoms with Crippen molar-refractivity contribution in [3.05, 3.63) is 23.3 Å². The summed E-state index contributed by atoms with van der Waals surface area (Å²) >= 11 is 0. The van der Waals surface area contributed by atoms with Crippen molar-refractivity contribution < 1.29 is 5.11 Å². The molecule has 0 bridgehead atoms. The molecular formula is C21H32O. The molecule has 1 nitrogen and oxygen atoms in total. The van der Waals surface area contributed by atoms with E-state index in [2.05, 4.69) is 32.9 Å². The molecule has 22 heavy (non-hydrogen) atoms. The third-order valence-corrected chi connectivity index (χ3v) is 8.20. The highest BCUT2D eigenvalue weighted by Gasteiger charge is 2.55. The number of fused-ring (bicyclic) bond motifs is 5. The van der Waals surface area contributed by atoms with Crippen LogP contribution >= 0.6 is 0 Å². The van der Waals surface area contributed by atoms with Gasteiger partial charge in [-0.15, -0.1) is 0 Å². The molecule has 4 rings (SSSR count). The van der Waals surface area contributed by atoms with E-state index in [4.69, 9.17) is 0 Å². The second kappa shape index (κ2) is 4.97. The molecule has 1 unspecified atom stereocenters. The van der Waals surface area contributed by atoms with Crippen LogP contribution in [0.5, 0.6) is 0 Å². The molecule has 1 N–H and O–H groups in total. The van der Waals surface area contributed by atoms with Crippen molar-refractivity contribution in [1.82, 2.24) is 0 Å². The van der Waals surface area contributed by atoms with Crippen LogP contribution in [0.3, 0.4) is 0 Å². The lowest BCUT2D eigenvalue weighted by Gasteiger charge is -2.56. The molecule has 1 heteroatoms. The number of aliphatic hydroxyl groups is 1. The first-order valence-electron chi connectivity index (χ1n) is 9.53. The Morgan fingerprint density at radius 1 is 1.14 bits per heavy atom. The first kappa shape index (κ1) is 15.0. The standard InChI is InChI=1S/C21H32O/c1-4-14-6-8-18-17-7-5-15-13-16(22)9-11-21(15,3)19(17)10-12-20(14,18)2/h4,10,15-18,22H,5-9,11-13H2,1-3H3/b14-4-/t15-,16-,17?,18+,20-,21+/m1/s1. The fourth-order valence-electron chi connectivity index (χ4n) is 6.83. The van der Waals surface area contributed by atoms with E-state index in [0.717, 1.165) is 30.6 Å². The van der Waals surface area contributed by atoms with Crippen molar-refractivity contribution >= 4 is 0 Å². The Morgan fingerprint density at radius 3 is 2.73 bits per heavy atom. The van der Waals surface area contributed by atoms with Gasteiger partial charge in [0.05, 0.1) is 6.10 Å². The molecule has 0 aromatic rings. The zero-order valence-electron chi connectivity index (χ0n) is 14.6. The van der Waals surface area contributed by atoms with Crippen molar-refractivity contribution in [1.29, 1.82) is 0 Å². The zero-order valence-corrected chi connectivity index (χ0v) is 14.6. The van der Waals surface area contributed by atoms with Crippen LogP contribution in [0, 0.1) is 28.6 Å². The number of hydrogen-bond acceptors (Lipinski definition) is 1. The highest BCUT2D eigenvalue weighted by atomic mass is 16.3. The van der Waals surface area contributed by atoms with Crippen LogP contribution in [0.1, 0.15) is 72.1 Å². The van der Waals surface area contributed by atoms with Crippen LogP contribution in [0.15, 0.2) is 23.3 Å². The van der Waals surface area contributed by atoms with Gasteiger partial charge in [-0.1, -0.05) is 37.1 Å². The average molecular weight is 300 g/mol. The van der Waals surface area contributed by atoms with Crippen LogP contribution in [-0.2, 0) is 0 Å². The van der Waals surface area contributed by atoms with E-state index in [9.17, 15) is 5.11 Å². The summed E-state index contributed by atoms with van der Waals surface area (Å²) in [6.45, 7) is 7.30. The lowest BCUT2D eigenvalue weighted by molar-refractivity contribution is -0.00472. The maximum atomic E-state index is 10.1. The molecule has 3 saturated carbocycles. The summed E-state index contributed by atoms with van der Waals surface area (Å²) in [5.41, 5.74) is 4.36. The summed E-state index contributed by atoms with van der Waals surface area (Å²) in [7, 11) is 0. The minimum absolute atomic E-state index is 0.0369. The predicted octanol–water partition coefficient (Wildman–Crippen LogP) is 5.26. The topological polar surface area (TPSA) is 20.2 Å². The van der Waals surface area contributed by atoms with Gasteiger partial charge in [-0.2, -0.15) is 0 Å². The first-order chi connectivity index (χ1) is 10.5. The van der Waals surface area contributed by atoms with E-state index in [1.807, 2.05) is 0 Å². The summed E-state index contributed by atoms with van der Waals surface area (Å²) in [5, 5.41) is 10.1. The van der Waals surface area contributed by atoms with Crippen molar-refractivity contribution in [3.63, 3.8) is 0 Å². The van der Waals surface area contributed by atoms with E-state index in [0.29, 0.717) is 10.8 Å². The summed E-state index contributed by atoms with van der Waals surface area (Å²) < 4.78 is 0. The Hall–Kier alpha value is -0.560. The van der Waals surface area contributed by atoms with Crippen molar-refractivity contribution in [3.8, 4) is 0 Å². The predicted molar refractivity (Wildman–Crippen MR) is 91.5 cm³/mol. The number of allylic oxidation sites excluding steroid dienone is 4. The average Bonchev–Trinajstić information content (AvgIpc) is 2.84. The maximum absolute atomic E-state index is 10.1. The van der Waals surface area contributed by atoms with Gasteiger partial charge >= 0.3 is 0 Å². The number of aliphatic hydroxyl groups excluding tert-OH is 1. The lowest BCUT2D eigenvalue weighted by atomic mass is 9.49. The quantitative estimate of drug-likeness (QED) is 0.605. The molecule has 3 fully saturated rings. The number of rotatable bonds is 0. The van der Waals surface area contributed by atoms with Gasteiger partial charge in [0, 0.05) is 0 Å². The second-order valence-corrected chi connectivity index (χ2v) is 8.97. The van der Waals surface area contributed by atoms with Crippen molar-refractivity contribution in [2.75, 3.05) is 0 Å². The molecule has 122 valence electrons. The van der Waals surface area contributed by atoms with Gasteiger partial charge in [-0.3, -0.25) is 0 Å². The minimum atomic E-state index is -0.0369. The fourth-order valence-corrected chi connectivity index (χ4v) is 6.83. The SMILES string of the molecule is C/C=C1/CC[C@H]2C3CC[C@@H]4C[C@H](O)CC[C@]4(C)C3=CC[C@]12C. The molecule has 6 atom stereocenters. The van der Waals surface area contributed by atoms with Gasteiger partial charge in [-0.25, -0.2) is 0 Å². The summed E-state index contributed by atoms with van der Waals surface area (Å²) in [6.07, 6.45) is 15.0. The van der Waals surface area contributed by atoms with Gasteiger partial charge in [0.15, 0.2) is 0 Å². The summed E-state index contributed by atoms with van der Waals surface area (Å²) in [5.74, 6) is 2.43. The molecule has 0 aromatic heterocycles. The van der Waals surface area contributed by atoms with Crippen molar-refractivity contribution in [2.45, 2.75) is 78.2 Å². The first-order valence-corrected chi connectivity index (χ1v) is 9.53. The monoisotopic (exact) mass is 300 g/mol. The van der Waals surface area contributed by atoms with Gasteiger partial charge in [0.1, 0.15) is 0 Å². The maximum Gasteiger partial charge on any atom is 0.0543 e. The molecular weight excluding hydrogens is 268 g/mol. The second-order valence-electron chi connectivity index (χ2n) is 8.97. The Labute approximate surface area is 135 Å².